The quantitative estimate of drug-likeness (QED) is 0.600. The summed E-state index contributed by atoms with van der Waals surface area (Å²) < 4.78 is 39.6. The molecule has 1 amide bonds. The van der Waals surface area contributed by atoms with Gasteiger partial charge in [-0.15, -0.1) is 0 Å². The van der Waals surface area contributed by atoms with Crippen molar-refractivity contribution < 1.29 is 22.7 Å². The maximum absolute atomic E-state index is 11.7. The summed E-state index contributed by atoms with van der Waals surface area (Å²) in [5.74, 6) is 0.400. The van der Waals surface area contributed by atoms with Gasteiger partial charge in [-0.3, -0.25) is 4.79 Å². The largest absolute Gasteiger partial charge is 0.411 e. The van der Waals surface area contributed by atoms with Crippen molar-refractivity contribution in [1.82, 2.24) is 10.6 Å². The summed E-state index contributed by atoms with van der Waals surface area (Å²) in [6.07, 6.45) is -3.40. The first-order chi connectivity index (χ1) is 8.81. The Labute approximate surface area is 112 Å². The molecule has 0 atom stereocenters. The molecule has 0 aromatic heterocycles. The molecule has 0 saturated heterocycles. The van der Waals surface area contributed by atoms with Crippen LogP contribution in [0.15, 0.2) is 0 Å². The highest BCUT2D eigenvalue weighted by Gasteiger charge is 2.27. The maximum atomic E-state index is 11.7. The van der Waals surface area contributed by atoms with Gasteiger partial charge in [0, 0.05) is 26.1 Å². The van der Waals surface area contributed by atoms with Crippen LogP contribution in [0.2, 0.25) is 0 Å². The van der Waals surface area contributed by atoms with Crippen LogP contribution in [0.25, 0.3) is 0 Å². The standard InChI is InChI=1S/C12H23F3N2O2/c1-10(2)8-17-11(18)4-6-16-5-3-7-19-9-12(13,14)15/h10,16H,3-9H2,1-2H3,(H,17,18). The van der Waals surface area contributed by atoms with Crippen molar-refractivity contribution in [2.45, 2.75) is 32.9 Å². The molecule has 0 radical (unpaired) electrons. The summed E-state index contributed by atoms with van der Waals surface area (Å²) in [6.45, 7) is 4.60. The average Bonchev–Trinajstić information content (AvgIpc) is 2.28. The Kier molecular flexibility index (Phi) is 9.59. The Morgan fingerprint density at radius 2 is 1.95 bits per heavy atom. The highest BCUT2D eigenvalue weighted by atomic mass is 19.4. The van der Waals surface area contributed by atoms with Gasteiger partial charge < -0.3 is 15.4 Å². The predicted octanol–water partition coefficient (Wildman–Crippen LogP) is 1.71. The van der Waals surface area contributed by atoms with E-state index in [1.54, 1.807) is 0 Å². The molecule has 2 N–H and O–H groups in total. The van der Waals surface area contributed by atoms with Crippen molar-refractivity contribution in [1.29, 1.82) is 0 Å². The molecule has 0 aliphatic carbocycles. The molecule has 0 unspecified atom stereocenters. The number of ether oxygens (including phenoxy) is 1. The Balaban J connectivity index is 3.25. The molecule has 0 aromatic carbocycles. The first-order valence-corrected chi connectivity index (χ1v) is 6.43. The van der Waals surface area contributed by atoms with E-state index in [-0.39, 0.29) is 12.5 Å². The van der Waals surface area contributed by atoms with Crippen molar-refractivity contribution >= 4 is 5.91 Å². The van der Waals surface area contributed by atoms with Crippen LogP contribution < -0.4 is 10.6 Å². The predicted molar refractivity (Wildman–Crippen MR) is 66.8 cm³/mol. The summed E-state index contributed by atoms with van der Waals surface area (Å²) in [5, 5.41) is 5.76. The lowest BCUT2D eigenvalue weighted by Gasteiger charge is -2.09. The van der Waals surface area contributed by atoms with E-state index in [4.69, 9.17) is 0 Å². The highest BCUT2D eigenvalue weighted by Crippen LogP contribution is 2.14. The molecule has 0 aromatic rings. The molecular formula is C12H23F3N2O2. The topological polar surface area (TPSA) is 50.4 Å². The SMILES string of the molecule is CC(C)CNC(=O)CCNCCCOCC(F)(F)F. The minimum Gasteiger partial charge on any atom is -0.372 e. The van der Waals surface area contributed by atoms with Crippen molar-refractivity contribution in [3.05, 3.63) is 0 Å². The highest BCUT2D eigenvalue weighted by molar-refractivity contribution is 5.76. The number of carbonyl (C=O) groups is 1. The summed E-state index contributed by atoms with van der Waals surface area (Å²) in [7, 11) is 0. The fourth-order valence-corrected chi connectivity index (χ4v) is 1.22. The number of alkyl halides is 3. The zero-order valence-corrected chi connectivity index (χ0v) is 11.5. The van der Waals surface area contributed by atoms with Gasteiger partial charge in [-0.2, -0.15) is 13.2 Å². The Hall–Kier alpha value is -0.820. The number of amides is 1. The van der Waals surface area contributed by atoms with Crippen LogP contribution in [0.1, 0.15) is 26.7 Å². The summed E-state index contributed by atoms with van der Waals surface area (Å²) in [6, 6.07) is 0. The Morgan fingerprint density at radius 3 is 2.53 bits per heavy atom. The monoisotopic (exact) mass is 284 g/mol. The molecule has 4 nitrogen and oxygen atoms in total. The molecule has 19 heavy (non-hydrogen) atoms. The molecular weight excluding hydrogens is 261 g/mol. The van der Waals surface area contributed by atoms with Crippen LogP contribution in [-0.4, -0.2) is 44.9 Å². The zero-order valence-electron chi connectivity index (χ0n) is 11.5. The van der Waals surface area contributed by atoms with Crippen LogP contribution in [0.4, 0.5) is 13.2 Å². The lowest BCUT2D eigenvalue weighted by molar-refractivity contribution is -0.173. The van der Waals surface area contributed by atoms with Gasteiger partial charge in [0.15, 0.2) is 0 Å². The van der Waals surface area contributed by atoms with E-state index in [0.717, 1.165) is 0 Å². The van der Waals surface area contributed by atoms with Crippen molar-refractivity contribution in [2.75, 3.05) is 32.8 Å². The van der Waals surface area contributed by atoms with E-state index >= 15 is 0 Å². The molecule has 0 spiro atoms. The lowest BCUT2D eigenvalue weighted by atomic mass is 10.2. The number of hydrogen-bond acceptors (Lipinski definition) is 3. The smallest absolute Gasteiger partial charge is 0.372 e. The maximum Gasteiger partial charge on any atom is 0.411 e. The second kappa shape index (κ2) is 10.0. The van der Waals surface area contributed by atoms with Crippen molar-refractivity contribution in [2.24, 2.45) is 5.92 Å². The fourth-order valence-electron chi connectivity index (χ4n) is 1.22. The number of rotatable bonds is 10. The number of carbonyl (C=O) groups excluding carboxylic acids is 1. The summed E-state index contributed by atoms with van der Waals surface area (Å²) >= 11 is 0. The Morgan fingerprint density at radius 1 is 1.26 bits per heavy atom. The van der Waals surface area contributed by atoms with Crippen LogP contribution in [-0.2, 0) is 9.53 Å². The van der Waals surface area contributed by atoms with Crippen LogP contribution in [0.5, 0.6) is 0 Å². The summed E-state index contributed by atoms with van der Waals surface area (Å²) in [5.41, 5.74) is 0. The van der Waals surface area contributed by atoms with Gasteiger partial charge in [-0.05, 0) is 18.9 Å². The van der Waals surface area contributed by atoms with Gasteiger partial charge in [0.25, 0.3) is 0 Å². The lowest BCUT2D eigenvalue weighted by Crippen LogP contribution is -2.30. The van der Waals surface area contributed by atoms with E-state index in [1.807, 2.05) is 13.8 Å². The van der Waals surface area contributed by atoms with Crippen molar-refractivity contribution in [3.8, 4) is 0 Å². The van der Waals surface area contributed by atoms with Gasteiger partial charge in [0.2, 0.25) is 5.91 Å². The second-order valence-electron chi connectivity index (χ2n) is 4.72. The van der Waals surface area contributed by atoms with Gasteiger partial charge in [-0.1, -0.05) is 13.8 Å². The zero-order chi connectivity index (χ0) is 14.7. The molecule has 0 rings (SSSR count). The number of halogens is 3. The second-order valence-corrected chi connectivity index (χ2v) is 4.72. The normalized spacial score (nSPS) is 11.9. The summed E-state index contributed by atoms with van der Waals surface area (Å²) in [4.78, 5) is 11.3. The molecule has 0 aliphatic heterocycles. The first kappa shape index (κ1) is 18.2. The average molecular weight is 284 g/mol. The molecule has 0 saturated carbocycles. The Bertz CT molecular complexity index is 246. The third-order valence-electron chi connectivity index (χ3n) is 2.14. The molecule has 114 valence electrons. The molecule has 7 heteroatoms. The first-order valence-electron chi connectivity index (χ1n) is 6.43. The van der Waals surface area contributed by atoms with Gasteiger partial charge in [-0.25, -0.2) is 0 Å². The van der Waals surface area contributed by atoms with Crippen LogP contribution in [0, 0.1) is 5.92 Å². The minimum absolute atomic E-state index is 0.0190. The van der Waals surface area contributed by atoms with Gasteiger partial charge >= 0.3 is 6.18 Å². The molecule has 0 heterocycles. The van der Waals surface area contributed by atoms with Crippen LogP contribution >= 0.6 is 0 Å². The van der Waals surface area contributed by atoms with E-state index in [0.29, 0.717) is 38.4 Å². The minimum atomic E-state index is -4.26. The third kappa shape index (κ3) is 15.1. The van der Waals surface area contributed by atoms with Gasteiger partial charge in [0.1, 0.15) is 6.61 Å². The molecule has 0 bridgehead atoms. The van der Waals surface area contributed by atoms with E-state index in [2.05, 4.69) is 15.4 Å². The van der Waals surface area contributed by atoms with E-state index in [1.165, 1.54) is 0 Å². The molecule has 0 fully saturated rings. The van der Waals surface area contributed by atoms with E-state index < -0.39 is 12.8 Å². The fraction of sp³-hybridized carbons (Fsp3) is 0.917. The van der Waals surface area contributed by atoms with E-state index in [9.17, 15) is 18.0 Å². The van der Waals surface area contributed by atoms with Crippen LogP contribution in [0.3, 0.4) is 0 Å². The number of hydrogen-bond donors (Lipinski definition) is 2. The third-order valence-corrected chi connectivity index (χ3v) is 2.14. The molecule has 0 aliphatic rings. The number of nitrogens with one attached hydrogen (secondary N) is 2. The van der Waals surface area contributed by atoms with Gasteiger partial charge in [0.05, 0.1) is 0 Å². The van der Waals surface area contributed by atoms with Crippen molar-refractivity contribution in [3.63, 3.8) is 0 Å².